The minimum atomic E-state index is -0.265. The van der Waals surface area contributed by atoms with Crippen LogP contribution in [0.2, 0.25) is 0 Å². The average molecular weight is 422 g/mol. The molecule has 1 saturated heterocycles. The zero-order valence-electron chi connectivity index (χ0n) is 17.9. The molecule has 1 aromatic carbocycles. The van der Waals surface area contributed by atoms with Crippen LogP contribution in [0.3, 0.4) is 0 Å². The fourth-order valence-corrected chi connectivity index (χ4v) is 4.89. The molecule has 0 unspecified atom stereocenters. The first-order valence-electron chi connectivity index (χ1n) is 11.2. The van der Waals surface area contributed by atoms with Crippen molar-refractivity contribution in [3.05, 3.63) is 63.3 Å². The number of aromatic amines is 1. The largest absolute Gasteiger partial charge is 0.384 e. The van der Waals surface area contributed by atoms with E-state index >= 15 is 0 Å². The molecule has 5 rings (SSSR count). The van der Waals surface area contributed by atoms with Gasteiger partial charge < -0.3 is 15.2 Å². The van der Waals surface area contributed by atoms with Gasteiger partial charge in [-0.1, -0.05) is 13.0 Å². The van der Waals surface area contributed by atoms with Crippen LogP contribution in [0.4, 0.5) is 15.9 Å². The molecule has 3 aromatic rings. The third kappa shape index (κ3) is 3.78. The van der Waals surface area contributed by atoms with Crippen LogP contribution in [0.25, 0.3) is 10.9 Å². The summed E-state index contributed by atoms with van der Waals surface area (Å²) < 4.78 is 14.1. The molecule has 0 bridgehead atoms. The molecule has 0 radical (unpaired) electrons. The lowest BCUT2D eigenvalue weighted by molar-refractivity contribution is 0.248. The Balaban J connectivity index is 1.38. The molecule has 2 N–H and O–H groups in total. The number of hydrogen-bond acceptors (Lipinski definition) is 5. The summed E-state index contributed by atoms with van der Waals surface area (Å²) in [7, 11) is 0. The standard InChI is InChI=1S/C24H28FN5O/c1-2-17-13-16(14-20-21(17)22-18(24(31)28-20)5-3-7-26-22)15-29-9-11-30(12-10-29)23-19(25)6-4-8-27-23/h4,6,8,13-14,26H,2-3,5,7,9-12,15H2,1H3,(H,28,31). The van der Waals surface area contributed by atoms with E-state index in [0.29, 0.717) is 5.82 Å². The van der Waals surface area contributed by atoms with Crippen molar-refractivity contribution in [2.45, 2.75) is 32.7 Å². The van der Waals surface area contributed by atoms with Gasteiger partial charge in [0.1, 0.15) is 0 Å². The number of H-pyrrole nitrogens is 1. The number of nitrogens with zero attached hydrogens (tertiary/aromatic N) is 3. The number of aryl methyl sites for hydroxylation is 1. The summed E-state index contributed by atoms with van der Waals surface area (Å²) in [5.74, 6) is 0.176. The Labute approximate surface area is 181 Å². The van der Waals surface area contributed by atoms with Gasteiger partial charge in [-0.2, -0.15) is 0 Å². The highest BCUT2D eigenvalue weighted by molar-refractivity contribution is 5.96. The maximum absolute atomic E-state index is 14.1. The summed E-state index contributed by atoms with van der Waals surface area (Å²) in [6.45, 7) is 7.08. The van der Waals surface area contributed by atoms with Crippen molar-refractivity contribution in [3.8, 4) is 0 Å². The number of fused-ring (bicyclic) bond motifs is 3. The van der Waals surface area contributed by atoms with Crippen LogP contribution in [0, 0.1) is 5.82 Å². The number of rotatable bonds is 4. The van der Waals surface area contributed by atoms with E-state index in [2.05, 4.69) is 39.2 Å². The minimum Gasteiger partial charge on any atom is -0.384 e. The second kappa shape index (κ2) is 8.30. The highest BCUT2D eigenvalue weighted by Crippen LogP contribution is 2.32. The molecule has 4 heterocycles. The molecule has 31 heavy (non-hydrogen) atoms. The van der Waals surface area contributed by atoms with Crippen molar-refractivity contribution in [2.24, 2.45) is 0 Å². The smallest absolute Gasteiger partial charge is 0.253 e. The lowest BCUT2D eigenvalue weighted by atomic mass is 9.95. The fraction of sp³-hybridized carbons (Fsp3) is 0.417. The van der Waals surface area contributed by atoms with Crippen LogP contribution < -0.4 is 15.8 Å². The van der Waals surface area contributed by atoms with Crippen LogP contribution in [0.1, 0.15) is 30.0 Å². The zero-order valence-corrected chi connectivity index (χ0v) is 17.9. The Morgan fingerprint density at radius 3 is 2.81 bits per heavy atom. The van der Waals surface area contributed by atoms with Crippen LogP contribution in [0.15, 0.2) is 35.3 Å². The van der Waals surface area contributed by atoms with Crippen LogP contribution in [0.5, 0.6) is 0 Å². The number of halogens is 1. The second-order valence-corrected chi connectivity index (χ2v) is 8.44. The molecule has 0 amide bonds. The van der Waals surface area contributed by atoms with Crippen molar-refractivity contribution >= 4 is 22.4 Å². The van der Waals surface area contributed by atoms with Crippen molar-refractivity contribution in [1.29, 1.82) is 0 Å². The first-order valence-corrected chi connectivity index (χ1v) is 11.2. The van der Waals surface area contributed by atoms with Gasteiger partial charge >= 0.3 is 0 Å². The maximum atomic E-state index is 14.1. The first-order chi connectivity index (χ1) is 15.1. The van der Waals surface area contributed by atoms with Crippen molar-refractivity contribution < 1.29 is 4.39 Å². The summed E-state index contributed by atoms with van der Waals surface area (Å²) in [6.07, 6.45) is 4.38. The van der Waals surface area contributed by atoms with E-state index in [4.69, 9.17) is 0 Å². The van der Waals surface area contributed by atoms with Gasteiger partial charge in [-0.25, -0.2) is 9.37 Å². The predicted octanol–water partition coefficient (Wildman–Crippen LogP) is 3.30. The lowest BCUT2D eigenvalue weighted by Gasteiger charge is -2.35. The van der Waals surface area contributed by atoms with Crippen LogP contribution in [-0.4, -0.2) is 47.6 Å². The van der Waals surface area contributed by atoms with E-state index < -0.39 is 0 Å². The molecular formula is C24H28FN5O. The monoisotopic (exact) mass is 421 g/mol. The number of pyridine rings is 2. The zero-order chi connectivity index (χ0) is 21.4. The first kappa shape index (κ1) is 20.0. The van der Waals surface area contributed by atoms with Crippen LogP contribution >= 0.6 is 0 Å². The molecule has 7 heteroatoms. The SMILES string of the molecule is CCc1cc(CN2CCN(c3ncccc3F)CC2)cc2[nH]c(=O)c3c(c12)NCCC3. The van der Waals surface area contributed by atoms with Crippen molar-refractivity contribution in [3.63, 3.8) is 0 Å². The maximum Gasteiger partial charge on any atom is 0.253 e. The van der Waals surface area contributed by atoms with E-state index in [1.54, 1.807) is 12.3 Å². The molecule has 1 fully saturated rings. The van der Waals surface area contributed by atoms with Gasteiger partial charge in [0.25, 0.3) is 5.56 Å². The number of benzene rings is 1. The Kier molecular flexibility index (Phi) is 5.36. The van der Waals surface area contributed by atoms with Gasteiger partial charge in [0.2, 0.25) is 0 Å². The van der Waals surface area contributed by atoms with Gasteiger partial charge in [0.05, 0.1) is 11.2 Å². The molecule has 0 saturated carbocycles. The van der Waals surface area contributed by atoms with Gasteiger partial charge in [-0.05, 0) is 48.6 Å². The number of anilines is 2. The summed E-state index contributed by atoms with van der Waals surface area (Å²) in [5.41, 5.74) is 5.33. The summed E-state index contributed by atoms with van der Waals surface area (Å²) in [4.78, 5) is 24.4. The normalized spacial score (nSPS) is 16.9. The highest BCUT2D eigenvalue weighted by atomic mass is 19.1. The number of aromatic nitrogens is 2. The predicted molar refractivity (Wildman–Crippen MR) is 122 cm³/mol. The summed E-state index contributed by atoms with van der Waals surface area (Å²) >= 11 is 0. The molecule has 2 aliphatic heterocycles. The third-order valence-electron chi connectivity index (χ3n) is 6.46. The fourth-order valence-electron chi connectivity index (χ4n) is 4.89. The van der Waals surface area contributed by atoms with Crippen LogP contribution in [-0.2, 0) is 19.4 Å². The number of piperazine rings is 1. The number of hydrogen-bond donors (Lipinski definition) is 2. The van der Waals surface area contributed by atoms with Gasteiger partial charge in [-0.15, -0.1) is 0 Å². The van der Waals surface area contributed by atoms with Gasteiger partial charge in [0, 0.05) is 56.4 Å². The van der Waals surface area contributed by atoms with Gasteiger partial charge in [-0.3, -0.25) is 9.69 Å². The Morgan fingerprint density at radius 2 is 2.03 bits per heavy atom. The quantitative estimate of drug-likeness (QED) is 0.677. The van der Waals surface area contributed by atoms with E-state index in [-0.39, 0.29) is 11.4 Å². The molecule has 0 atom stereocenters. The third-order valence-corrected chi connectivity index (χ3v) is 6.46. The van der Waals surface area contributed by atoms with E-state index in [1.165, 1.54) is 17.2 Å². The lowest BCUT2D eigenvalue weighted by Crippen LogP contribution is -2.46. The topological polar surface area (TPSA) is 64.3 Å². The summed E-state index contributed by atoms with van der Waals surface area (Å²) in [6, 6.07) is 7.49. The molecular weight excluding hydrogens is 393 g/mol. The molecule has 6 nitrogen and oxygen atoms in total. The molecule has 2 aliphatic rings. The molecule has 2 aromatic heterocycles. The Bertz CT molecular complexity index is 1170. The molecule has 0 aliphatic carbocycles. The van der Waals surface area contributed by atoms with E-state index in [0.717, 1.165) is 80.7 Å². The average Bonchev–Trinajstić information content (AvgIpc) is 2.79. The second-order valence-electron chi connectivity index (χ2n) is 8.44. The van der Waals surface area contributed by atoms with Crippen molar-refractivity contribution in [2.75, 3.05) is 42.9 Å². The van der Waals surface area contributed by atoms with E-state index in [9.17, 15) is 9.18 Å². The summed E-state index contributed by atoms with van der Waals surface area (Å²) in [5, 5.41) is 4.64. The highest BCUT2D eigenvalue weighted by Gasteiger charge is 2.22. The molecule has 162 valence electrons. The van der Waals surface area contributed by atoms with Crippen molar-refractivity contribution in [1.82, 2.24) is 14.9 Å². The minimum absolute atomic E-state index is 0.0277. The number of nitrogens with one attached hydrogen (secondary N) is 2. The Morgan fingerprint density at radius 1 is 1.19 bits per heavy atom. The Hall–Kier alpha value is -2.93. The van der Waals surface area contributed by atoms with E-state index in [1.807, 2.05) is 4.90 Å². The molecule has 0 spiro atoms. The van der Waals surface area contributed by atoms with Gasteiger partial charge in [0.15, 0.2) is 11.6 Å².